The zero-order valence-corrected chi connectivity index (χ0v) is 15.2. The van der Waals surface area contributed by atoms with Gasteiger partial charge in [-0.3, -0.25) is 4.68 Å². The van der Waals surface area contributed by atoms with E-state index in [1.54, 1.807) is 42.3 Å². The van der Waals surface area contributed by atoms with Crippen molar-refractivity contribution in [2.24, 2.45) is 7.05 Å². The third-order valence-electron chi connectivity index (χ3n) is 5.00. The molecule has 0 atom stereocenters. The number of amides is 2. The summed E-state index contributed by atoms with van der Waals surface area (Å²) < 4.78 is 30.1. The van der Waals surface area contributed by atoms with Crippen molar-refractivity contribution in [1.82, 2.24) is 20.1 Å². The Morgan fingerprint density at radius 1 is 1.11 bits per heavy atom. The highest BCUT2D eigenvalue weighted by Gasteiger charge is 2.44. The lowest BCUT2D eigenvalue weighted by Gasteiger charge is -2.43. The first-order valence-electron chi connectivity index (χ1n) is 8.97. The molecule has 144 valence electrons. The lowest BCUT2D eigenvalue weighted by atomic mass is 9.71. The van der Waals surface area contributed by atoms with Crippen molar-refractivity contribution in [2.75, 3.05) is 5.32 Å². The molecule has 2 N–H and O–H groups in total. The monoisotopic (exact) mass is 383 g/mol. The van der Waals surface area contributed by atoms with E-state index < -0.39 is 23.2 Å². The van der Waals surface area contributed by atoms with Crippen molar-refractivity contribution < 1.29 is 13.6 Å². The highest BCUT2D eigenvalue weighted by Crippen LogP contribution is 2.43. The van der Waals surface area contributed by atoms with Crippen LogP contribution in [0.5, 0.6) is 0 Å². The SMILES string of the molecule is Cn1cnc(-c2ccc(NC(=O)NC3(c4c(F)cccc4F)CCC3)cc2)n1. The van der Waals surface area contributed by atoms with Crippen LogP contribution in [0, 0.1) is 11.6 Å². The van der Waals surface area contributed by atoms with Crippen molar-refractivity contribution in [3.8, 4) is 11.4 Å². The van der Waals surface area contributed by atoms with E-state index in [0.29, 0.717) is 24.4 Å². The van der Waals surface area contributed by atoms with Crippen LogP contribution in [0.1, 0.15) is 24.8 Å². The summed E-state index contributed by atoms with van der Waals surface area (Å²) in [6.07, 6.45) is 3.37. The Morgan fingerprint density at radius 3 is 2.32 bits per heavy atom. The van der Waals surface area contributed by atoms with Gasteiger partial charge in [0.2, 0.25) is 0 Å². The lowest BCUT2D eigenvalue weighted by Crippen LogP contribution is -2.53. The average molecular weight is 383 g/mol. The summed E-state index contributed by atoms with van der Waals surface area (Å²) in [7, 11) is 1.78. The summed E-state index contributed by atoms with van der Waals surface area (Å²) in [5.41, 5.74) is 0.279. The summed E-state index contributed by atoms with van der Waals surface area (Å²) in [5, 5.41) is 9.71. The van der Waals surface area contributed by atoms with Gasteiger partial charge in [0.1, 0.15) is 18.0 Å². The quantitative estimate of drug-likeness (QED) is 0.716. The van der Waals surface area contributed by atoms with Crippen molar-refractivity contribution in [2.45, 2.75) is 24.8 Å². The van der Waals surface area contributed by atoms with E-state index in [1.807, 2.05) is 0 Å². The standard InChI is InChI=1S/C20H19F2N5O/c1-27-12-23-18(26-27)13-6-8-14(9-7-13)24-19(28)25-20(10-3-11-20)17-15(21)4-2-5-16(17)22/h2,4-9,12H,3,10-11H2,1H3,(H2,24,25,28). The molecular weight excluding hydrogens is 364 g/mol. The van der Waals surface area contributed by atoms with Gasteiger partial charge >= 0.3 is 6.03 Å². The van der Waals surface area contributed by atoms with Crippen LogP contribution in [0.4, 0.5) is 19.3 Å². The minimum atomic E-state index is -1.02. The topological polar surface area (TPSA) is 71.8 Å². The molecule has 4 rings (SSSR count). The Morgan fingerprint density at radius 2 is 1.79 bits per heavy atom. The first-order valence-corrected chi connectivity index (χ1v) is 8.97. The van der Waals surface area contributed by atoms with Gasteiger partial charge in [0.25, 0.3) is 0 Å². The second-order valence-electron chi connectivity index (χ2n) is 6.93. The van der Waals surface area contributed by atoms with Crippen LogP contribution in [0.25, 0.3) is 11.4 Å². The summed E-state index contributed by atoms with van der Waals surface area (Å²) >= 11 is 0. The first-order chi connectivity index (χ1) is 13.5. The number of aromatic nitrogens is 3. The van der Waals surface area contributed by atoms with Crippen LogP contribution in [-0.4, -0.2) is 20.8 Å². The molecule has 1 aromatic heterocycles. The fourth-order valence-corrected chi connectivity index (χ4v) is 3.48. The molecule has 1 aliphatic rings. The van der Waals surface area contributed by atoms with Gasteiger partial charge in [0.15, 0.2) is 5.82 Å². The van der Waals surface area contributed by atoms with E-state index in [0.717, 1.165) is 12.0 Å². The van der Waals surface area contributed by atoms with E-state index in [1.165, 1.54) is 18.2 Å². The minimum Gasteiger partial charge on any atom is -0.328 e. The number of anilines is 1. The molecule has 0 saturated heterocycles. The van der Waals surface area contributed by atoms with Crippen LogP contribution in [0.15, 0.2) is 48.8 Å². The summed E-state index contributed by atoms with van der Waals surface area (Å²) in [6, 6.07) is 10.3. The largest absolute Gasteiger partial charge is 0.328 e. The van der Waals surface area contributed by atoms with Gasteiger partial charge in [-0.05, 0) is 55.7 Å². The number of aryl methyl sites for hydroxylation is 1. The number of benzene rings is 2. The van der Waals surface area contributed by atoms with Crippen molar-refractivity contribution >= 4 is 11.7 Å². The number of carbonyl (C=O) groups is 1. The van der Waals surface area contributed by atoms with E-state index in [9.17, 15) is 13.6 Å². The fraction of sp³-hybridized carbons (Fsp3) is 0.250. The Hall–Kier alpha value is -3.29. The third-order valence-corrected chi connectivity index (χ3v) is 5.00. The van der Waals surface area contributed by atoms with E-state index in [-0.39, 0.29) is 5.56 Å². The van der Waals surface area contributed by atoms with E-state index in [4.69, 9.17) is 0 Å². The van der Waals surface area contributed by atoms with Gasteiger partial charge < -0.3 is 10.6 Å². The summed E-state index contributed by atoms with van der Waals surface area (Å²) in [6.45, 7) is 0. The fourth-order valence-electron chi connectivity index (χ4n) is 3.48. The molecule has 0 bridgehead atoms. The van der Waals surface area contributed by atoms with Crippen molar-refractivity contribution in [1.29, 1.82) is 0 Å². The van der Waals surface area contributed by atoms with Gasteiger partial charge in [-0.2, -0.15) is 5.10 Å². The Kier molecular flexibility index (Phi) is 4.54. The molecule has 0 unspecified atom stereocenters. The molecule has 3 aromatic rings. The first kappa shape index (κ1) is 18.1. The van der Waals surface area contributed by atoms with Crippen molar-refractivity contribution in [3.63, 3.8) is 0 Å². The summed E-state index contributed by atoms with van der Waals surface area (Å²) in [4.78, 5) is 16.7. The molecule has 28 heavy (non-hydrogen) atoms. The maximum atomic E-state index is 14.2. The van der Waals surface area contributed by atoms with Gasteiger partial charge in [-0.15, -0.1) is 0 Å². The molecule has 1 saturated carbocycles. The van der Waals surface area contributed by atoms with E-state index >= 15 is 0 Å². The number of halogens is 2. The normalized spacial score (nSPS) is 15.0. The number of nitrogens with one attached hydrogen (secondary N) is 2. The highest BCUT2D eigenvalue weighted by atomic mass is 19.1. The molecule has 0 spiro atoms. The molecule has 1 aliphatic carbocycles. The molecule has 8 heteroatoms. The maximum absolute atomic E-state index is 14.2. The number of carbonyl (C=O) groups excluding carboxylic acids is 1. The Bertz CT molecular complexity index is 991. The molecule has 2 aromatic carbocycles. The van der Waals surface area contributed by atoms with E-state index in [2.05, 4.69) is 20.7 Å². The maximum Gasteiger partial charge on any atom is 0.319 e. The van der Waals surface area contributed by atoms with Crippen LogP contribution in [0.2, 0.25) is 0 Å². The number of rotatable bonds is 4. The van der Waals surface area contributed by atoms with Gasteiger partial charge in [0, 0.05) is 23.9 Å². The zero-order chi connectivity index (χ0) is 19.7. The lowest BCUT2D eigenvalue weighted by molar-refractivity contribution is 0.175. The molecule has 0 aliphatic heterocycles. The molecule has 0 radical (unpaired) electrons. The second kappa shape index (κ2) is 7.03. The predicted molar refractivity (Wildman–Crippen MR) is 100 cm³/mol. The molecule has 1 heterocycles. The predicted octanol–water partition coefficient (Wildman–Crippen LogP) is 3.96. The molecule has 2 amide bonds. The van der Waals surface area contributed by atoms with Crippen LogP contribution < -0.4 is 10.6 Å². The van der Waals surface area contributed by atoms with Gasteiger partial charge in [-0.25, -0.2) is 18.6 Å². The number of hydrogen-bond acceptors (Lipinski definition) is 3. The molecule has 1 fully saturated rings. The van der Waals surface area contributed by atoms with Crippen LogP contribution in [0.3, 0.4) is 0 Å². The number of urea groups is 1. The number of hydrogen-bond donors (Lipinski definition) is 2. The second-order valence-corrected chi connectivity index (χ2v) is 6.93. The highest BCUT2D eigenvalue weighted by molar-refractivity contribution is 5.90. The Balaban J connectivity index is 1.48. The smallest absolute Gasteiger partial charge is 0.319 e. The van der Waals surface area contributed by atoms with Gasteiger partial charge in [0.05, 0.1) is 5.54 Å². The number of nitrogens with zero attached hydrogens (tertiary/aromatic N) is 3. The van der Waals surface area contributed by atoms with Crippen LogP contribution >= 0.6 is 0 Å². The van der Waals surface area contributed by atoms with Gasteiger partial charge in [-0.1, -0.05) is 6.07 Å². The molecular formula is C20H19F2N5O. The molecule has 6 nitrogen and oxygen atoms in total. The average Bonchev–Trinajstić information content (AvgIpc) is 3.06. The third kappa shape index (κ3) is 3.33. The zero-order valence-electron chi connectivity index (χ0n) is 15.2. The van der Waals surface area contributed by atoms with Crippen molar-refractivity contribution in [3.05, 3.63) is 66.0 Å². The van der Waals surface area contributed by atoms with Crippen LogP contribution in [-0.2, 0) is 12.6 Å². The summed E-state index contributed by atoms with van der Waals surface area (Å²) in [5.74, 6) is -0.707. The minimum absolute atomic E-state index is 0.0759. The Labute approximate surface area is 160 Å².